The number of aromatic nitrogens is 1. The van der Waals surface area contributed by atoms with Gasteiger partial charge in [-0.1, -0.05) is 12.1 Å². The van der Waals surface area contributed by atoms with Gasteiger partial charge in [0.25, 0.3) is 0 Å². The van der Waals surface area contributed by atoms with E-state index >= 15 is 0 Å². The van der Waals surface area contributed by atoms with E-state index in [1.165, 1.54) is 9.78 Å². The Kier molecular flexibility index (Phi) is 2.74. The molecule has 2 nitrogen and oxygen atoms in total. The number of allylic oxidation sites excluding steroid dienone is 2. The van der Waals surface area contributed by atoms with E-state index in [4.69, 9.17) is 5.73 Å². The molecule has 4 heteroatoms. The number of nitrogen functional groups attached to an aromatic ring is 1. The summed E-state index contributed by atoms with van der Waals surface area (Å²) in [6, 6.07) is 8.19. The van der Waals surface area contributed by atoms with Crippen molar-refractivity contribution < 1.29 is 0 Å². The highest BCUT2D eigenvalue weighted by Gasteiger charge is 2.16. The minimum atomic E-state index is -0.442. The van der Waals surface area contributed by atoms with Gasteiger partial charge >= 0.3 is 0 Å². The summed E-state index contributed by atoms with van der Waals surface area (Å²) in [5, 5.41) is 5.46. The van der Waals surface area contributed by atoms with Gasteiger partial charge in [0.15, 0.2) is 0 Å². The van der Waals surface area contributed by atoms with Gasteiger partial charge in [-0.3, -0.25) is 0 Å². The lowest BCUT2D eigenvalue weighted by atomic mass is 10.4. The van der Waals surface area contributed by atoms with E-state index in [0.717, 1.165) is 5.03 Å². The predicted molar refractivity (Wildman–Crippen MR) is 77.3 cm³/mol. The van der Waals surface area contributed by atoms with E-state index in [-0.39, 0.29) is 0 Å². The van der Waals surface area contributed by atoms with E-state index in [0.29, 0.717) is 5.69 Å². The average Bonchev–Trinajstić information content (AvgIpc) is 3.00. The fourth-order valence-corrected chi connectivity index (χ4v) is 4.64. The van der Waals surface area contributed by atoms with Crippen LogP contribution in [0.15, 0.2) is 58.4 Å². The van der Waals surface area contributed by atoms with Crippen LogP contribution in [0.25, 0.3) is 4.91 Å². The normalized spacial score (nSPS) is 20.5. The summed E-state index contributed by atoms with van der Waals surface area (Å²) in [6.07, 6.45) is 6.05. The summed E-state index contributed by atoms with van der Waals surface area (Å²) >= 11 is 1.78. The van der Waals surface area contributed by atoms with Gasteiger partial charge in [0.1, 0.15) is 0 Å². The van der Waals surface area contributed by atoms with E-state index < -0.39 is 10.9 Å². The lowest BCUT2D eigenvalue weighted by Gasteiger charge is -2.16. The highest BCUT2D eigenvalue weighted by atomic mass is 32.2. The quantitative estimate of drug-likeness (QED) is 0.809. The third-order valence-corrected chi connectivity index (χ3v) is 5.73. The first-order chi connectivity index (χ1) is 8.34. The van der Waals surface area contributed by atoms with Crippen LogP contribution < -0.4 is 5.73 Å². The lowest BCUT2D eigenvalue weighted by Crippen LogP contribution is -1.89. The molecule has 17 heavy (non-hydrogen) atoms. The molecule has 1 aliphatic rings. The van der Waals surface area contributed by atoms with Gasteiger partial charge in [-0.15, -0.1) is 11.3 Å². The van der Waals surface area contributed by atoms with E-state index in [9.17, 15) is 0 Å². The van der Waals surface area contributed by atoms with Crippen LogP contribution in [0.4, 0.5) is 5.69 Å². The predicted octanol–water partition coefficient (Wildman–Crippen LogP) is 3.65. The Bertz CT molecular complexity index is 568. The summed E-state index contributed by atoms with van der Waals surface area (Å²) in [6.45, 7) is 0. The zero-order chi connectivity index (χ0) is 11.7. The van der Waals surface area contributed by atoms with Gasteiger partial charge < -0.3 is 5.73 Å². The molecule has 0 radical (unpaired) electrons. The van der Waals surface area contributed by atoms with Crippen molar-refractivity contribution in [2.45, 2.75) is 5.03 Å². The second-order valence-electron chi connectivity index (χ2n) is 3.69. The van der Waals surface area contributed by atoms with E-state index in [2.05, 4.69) is 40.1 Å². The number of hydrogen-bond donors (Lipinski definition) is 2. The summed E-state index contributed by atoms with van der Waals surface area (Å²) in [7, 11) is -0.442. The summed E-state index contributed by atoms with van der Waals surface area (Å²) < 4.78 is 0. The average molecular weight is 260 g/mol. The minimum Gasteiger partial charge on any atom is -0.397 e. The number of pyridine rings is 1. The van der Waals surface area contributed by atoms with Crippen LogP contribution in [0.1, 0.15) is 4.88 Å². The Balaban J connectivity index is 1.96. The largest absolute Gasteiger partial charge is 0.397 e. The van der Waals surface area contributed by atoms with Gasteiger partial charge in [-0.25, -0.2) is 4.98 Å². The molecule has 86 valence electrons. The molecule has 0 aliphatic carbocycles. The Morgan fingerprint density at radius 1 is 1.24 bits per heavy atom. The fourth-order valence-electron chi connectivity index (χ4n) is 1.75. The molecule has 0 aromatic carbocycles. The first-order valence-electron chi connectivity index (χ1n) is 5.28. The number of hydrogen-bond acceptors (Lipinski definition) is 3. The van der Waals surface area contributed by atoms with Crippen molar-refractivity contribution >= 4 is 32.8 Å². The number of anilines is 1. The molecule has 0 bridgehead atoms. The van der Waals surface area contributed by atoms with Crippen LogP contribution >= 0.6 is 22.2 Å². The van der Waals surface area contributed by atoms with Gasteiger partial charge in [-0.2, -0.15) is 10.9 Å². The fraction of sp³-hybridized carbons (Fsp3) is 0. The zero-order valence-corrected chi connectivity index (χ0v) is 10.8. The number of rotatable bonds is 2. The van der Waals surface area contributed by atoms with E-state index in [1.54, 1.807) is 17.5 Å². The lowest BCUT2D eigenvalue weighted by molar-refractivity contribution is 1.14. The Morgan fingerprint density at radius 2 is 2.18 bits per heavy atom. The molecular weight excluding hydrogens is 248 g/mol. The number of nitrogens with zero attached hydrogens (tertiary/aromatic N) is 1. The Labute approximate surface area is 107 Å². The number of thiophene rings is 1. The van der Waals surface area contributed by atoms with Crippen LogP contribution in [0.5, 0.6) is 0 Å². The second kappa shape index (κ2) is 4.39. The second-order valence-corrected chi connectivity index (χ2v) is 6.62. The standard InChI is InChI=1S/C13H12N2S2/c14-10-5-6-13(15-9-10)17-8-2-4-12(17)11-3-1-7-16-11/h1-9,17H,14H2. The molecule has 2 aromatic heterocycles. The first kappa shape index (κ1) is 10.6. The summed E-state index contributed by atoms with van der Waals surface area (Å²) in [4.78, 5) is 7.15. The molecule has 1 aliphatic heterocycles. The molecule has 1 unspecified atom stereocenters. The van der Waals surface area contributed by atoms with Crippen molar-refractivity contribution in [2.24, 2.45) is 0 Å². The molecule has 2 N–H and O–H groups in total. The van der Waals surface area contributed by atoms with Crippen molar-refractivity contribution in [1.82, 2.24) is 4.98 Å². The number of nitrogens with two attached hydrogens (primary N) is 1. The van der Waals surface area contributed by atoms with Crippen molar-refractivity contribution in [3.05, 3.63) is 58.3 Å². The molecule has 3 rings (SSSR count). The first-order valence-corrected chi connectivity index (χ1v) is 7.57. The minimum absolute atomic E-state index is 0.442. The summed E-state index contributed by atoms with van der Waals surface area (Å²) in [5.41, 5.74) is 6.38. The van der Waals surface area contributed by atoms with E-state index in [1.807, 2.05) is 12.1 Å². The molecular formula is C13H12N2S2. The molecule has 0 saturated heterocycles. The van der Waals surface area contributed by atoms with Crippen LogP contribution in [0, 0.1) is 0 Å². The van der Waals surface area contributed by atoms with Gasteiger partial charge in [0.2, 0.25) is 0 Å². The Hall–Kier alpha value is -1.52. The van der Waals surface area contributed by atoms with Crippen LogP contribution in [-0.4, -0.2) is 4.98 Å². The smallest absolute Gasteiger partial charge is 0.0841 e. The summed E-state index contributed by atoms with van der Waals surface area (Å²) in [5.74, 6) is 0. The molecule has 0 spiro atoms. The molecule has 3 heterocycles. The van der Waals surface area contributed by atoms with Crippen molar-refractivity contribution in [2.75, 3.05) is 5.73 Å². The zero-order valence-electron chi connectivity index (χ0n) is 9.08. The van der Waals surface area contributed by atoms with Gasteiger partial charge in [0, 0.05) is 9.78 Å². The van der Waals surface area contributed by atoms with Crippen molar-refractivity contribution in [3.8, 4) is 0 Å². The maximum absolute atomic E-state index is 5.67. The topological polar surface area (TPSA) is 38.9 Å². The maximum Gasteiger partial charge on any atom is 0.0841 e. The molecule has 0 amide bonds. The van der Waals surface area contributed by atoms with Crippen LogP contribution in [0.3, 0.4) is 0 Å². The van der Waals surface area contributed by atoms with Crippen LogP contribution in [-0.2, 0) is 0 Å². The van der Waals surface area contributed by atoms with Crippen molar-refractivity contribution in [3.63, 3.8) is 0 Å². The van der Waals surface area contributed by atoms with Gasteiger partial charge in [-0.05, 0) is 35.1 Å². The van der Waals surface area contributed by atoms with Crippen LogP contribution in [0.2, 0.25) is 0 Å². The third-order valence-electron chi connectivity index (χ3n) is 2.54. The SMILES string of the molecule is Nc1ccc([SH]2C=CC=C2c2cccs2)nc1. The third kappa shape index (κ3) is 2.01. The molecule has 2 aromatic rings. The van der Waals surface area contributed by atoms with Crippen molar-refractivity contribution in [1.29, 1.82) is 0 Å². The highest BCUT2D eigenvalue weighted by Crippen LogP contribution is 2.53. The maximum atomic E-state index is 5.67. The molecule has 0 saturated carbocycles. The van der Waals surface area contributed by atoms with Gasteiger partial charge in [0.05, 0.1) is 16.9 Å². The highest BCUT2D eigenvalue weighted by molar-refractivity contribution is 8.27. The molecule has 0 fully saturated rings. The number of thiol groups is 1. The Morgan fingerprint density at radius 3 is 2.88 bits per heavy atom. The molecule has 1 atom stereocenters. The monoisotopic (exact) mass is 260 g/mol.